The summed E-state index contributed by atoms with van der Waals surface area (Å²) in [5.74, 6) is 0.575. The lowest BCUT2D eigenvalue weighted by Gasteiger charge is -2.05. The number of hydrogen-bond acceptors (Lipinski definition) is 8. The number of hydrogen-bond donors (Lipinski definition) is 1. The number of nitro groups is 1. The van der Waals surface area contributed by atoms with Crippen molar-refractivity contribution in [3.63, 3.8) is 0 Å². The van der Waals surface area contributed by atoms with Crippen molar-refractivity contribution in [2.45, 2.75) is 17.1 Å². The van der Waals surface area contributed by atoms with Crippen molar-refractivity contribution in [2.24, 2.45) is 7.05 Å². The second kappa shape index (κ2) is 5.61. The van der Waals surface area contributed by atoms with Gasteiger partial charge in [0.25, 0.3) is 0 Å². The number of rotatable bonds is 5. The van der Waals surface area contributed by atoms with E-state index in [9.17, 15) is 10.1 Å². The Hall–Kier alpha value is -2.23. The zero-order chi connectivity index (χ0) is 13.8. The molecule has 0 fully saturated rings. The third-order valence-corrected chi connectivity index (χ3v) is 3.19. The number of aryl methyl sites for hydroxylation is 1. The van der Waals surface area contributed by atoms with Crippen LogP contribution >= 0.6 is 11.8 Å². The van der Waals surface area contributed by atoms with Crippen molar-refractivity contribution in [3.8, 4) is 0 Å². The van der Waals surface area contributed by atoms with E-state index in [0.717, 1.165) is 11.8 Å². The molecule has 10 heteroatoms. The highest BCUT2D eigenvalue weighted by Crippen LogP contribution is 2.32. The van der Waals surface area contributed by atoms with E-state index < -0.39 is 4.92 Å². The minimum Gasteiger partial charge on any atom is -0.370 e. The van der Waals surface area contributed by atoms with E-state index in [2.05, 4.69) is 25.8 Å². The summed E-state index contributed by atoms with van der Waals surface area (Å²) in [5.41, 5.74) is -0.0744. The van der Waals surface area contributed by atoms with Gasteiger partial charge in [-0.3, -0.25) is 10.1 Å². The van der Waals surface area contributed by atoms with Gasteiger partial charge in [-0.05, 0) is 35.2 Å². The van der Waals surface area contributed by atoms with Gasteiger partial charge in [-0.15, -0.1) is 5.10 Å². The minimum atomic E-state index is -0.477. The molecule has 2 aromatic rings. The summed E-state index contributed by atoms with van der Waals surface area (Å²) in [4.78, 5) is 14.7. The van der Waals surface area contributed by atoms with Crippen LogP contribution in [0.4, 0.5) is 11.5 Å². The van der Waals surface area contributed by atoms with Crippen LogP contribution < -0.4 is 5.32 Å². The van der Waals surface area contributed by atoms with Gasteiger partial charge in [0.05, 0.1) is 4.92 Å². The SMILES string of the molecule is CCNc1ccc([N+](=O)[O-])c(Sc2nnnn2C)n1. The Balaban J connectivity index is 2.37. The maximum atomic E-state index is 11.0. The minimum absolute atomic E-state index is 0.0744. The fraction of sp³-hybridized carbons (Fsp3) is 0.333. The van der Waals surface area contributed by atoms with Gasteiger partial charge in [-0.25, -0.2) is 9.67 Å². The predicted molar refractivity (Wildman–Crippen MR) is 68.0 cm³/mol. The van der Waals surface area contributed by atoms with E-state index in [1.807, 2.05) is 6.92 Å². The van der Waals surface area contributed by atoms with Crippen LogP contribution in [-0.2, 0) is 7.05 Å². The van der Waals surface area contributed by atoms with Gasteiger partial charge in [0.15, 0.2) is 5.03 Å². The molecule has 0 aliphatic heterocycles. The van der Waals surface area contributed by atoms with Crippen molar-refractivity contribution in [3.05, 3.63) is 22.2 Å². The third kappa shape index (κ3) is 2.96. The first-order valence-corrected chi connectivity index (χ1v) is 6.23. The fourth-order valence-electron chi connectivity index (χ4n) is 1.32. The highest BCUT2D eigenvalue weighted by atomic mass is 32.2. The summed E-state index contributed by atoms with van der Waals surface area (Å²) < 4.78 is 1.43. The summed E-state index contributed by atoms with van der Waals surface area (Å²) in [6.07, 6.45) is 0. The number of pyridine rings is 1. The Labute approximate surface area is 112 Å². The van der Waals surface area contributed by atoms with Crippen LogP contribution in [0.1, 0.15) is 6.92 Å². The first-order valence-electron chi connectivity index (χ1n) is 5.41. The summed E-state index contributed by atoms with van der Waals surface area (Å²) in [6.45, 7) is 2.60. The molecule has 0 bridgehead atoms. The first kappa shape index (κ1) is 13.2. The summed E-state index contributed by atoms with van der Waals surface area (Å²) in [5, 5.41) is 25.6. The molecule has 2 rings (SSSR count). The normalized spacial score (nSPS) is 10.4. The highest BCUT2D eigenvalue weighted by Gasteiger charge is 2.19. The molecule has 0 unspecified atom stereocenters. The molecule has 0 spiro atoms. The molecule has 0 atom stereocenters. The zero-order valence-electron chi connectivity index (χ0n) is 10.3. The molecule has 0 saturated carbocycles. The van der Waals surface area contributed by atoms with Crippen LogP contribution in [0.25, 0.3) is 0 Å². The molecular formula is C9H11N7O2S. The highest BCUT2D eigenvalue weighted by molar-refractivity contribution is 7.99. The lowest BCUT2D eigenvalue weighted by molar-refractivity contribution is -0.388. The second-order valence-corrected chi connectivity index (χ2v) is 4.45. The molecule has 0 radical (unpaired) electrons. The fourth-order valence-corrected chi connectivity index (χ4v) is 2.13. The van der Waals surface area contributed by atoms with Gasteiger partial charge in [-0.2, -0.15) is 0 Å². The van der Waals surface area contributed by atoms with Gasteiger partial charge in [0.2, 0.25) is 5.16 Å². The van der Waals surface area contributed by atoms with Crippen LogP contribution in [0.2, 0.25) is 0 Å². The predicted octanol–water partition coefficient (Wildman–Crippen LogP) is 1.10. The van der Waals surface area contributed by atoms with Gasteiger partial charge in [-0.1, -0.05) is 0 Å². The molecule has 0 amide bonds. The Kier molecular flexibility index (Phi) is 3.90. The number of nitrogens with one attached hydrogen (secondary N) is 1. The number of aromatic nitrogens is 5. The second-order valence-electron chi connectivity index (χ2n) is 3.50. The van der Waals surface area contributed by atoms with Crippen molar-refractivity contribution in [2.75, 3.05) is 11.9 Å². The largest absolute Gasteiger partial charge is 0.370 e. The van der Waals surface area contributed by atoms with E-state index in [1.165, 1.54) is 10.7 Å². The molecule has 9 nitrogen and oxygen atoms in total. The van der Waals surface area contributed by atoms with E-state index in [1.54, 1.807) is 13.1 Å². The molecule has 1 N–H and O–H groups in total. The van der Waals surface area contributed by atoms with E-state index in [4.69, 9.17) is 0 Å². The Morgan fingerprint density at radius 3 is 2.89 bits per heavy atom. The molecular weight excluding hydrogens is 270 g/mol. The molecule has 0 aliphatic rings. The topological polar surface area (TPSA) is 112 Å². The van der Waals surface area contributed by atoms with Crippen molar-refractivity contribution in [1.82, 2.24) is 25.2 Å². The molecule has 0 aliphatic carbocycles. The number of anilines is 1. The van der Waals surface area contributed by atoms with Crippen molar-refractivity contribution < 1.29 is 4.92 Å². The number of nitrogens with zero attached hydrogens (tertiary/aromatic N) is 6. The molecule has 2 heterocycles. The maximum Gasteiger partial charge on any atom is 0.301 e. The molecule has 19 heavy (non-hydrogen) atoms. The van der Waals surface area contributed by atoms with Gasteiger partial charge >= 0.3 is 5.69 Å². The van der Waals surface area contributed by atoms with Crippen LogP contribution in [0.3, 0.4) is 0 Å². The number of tetrazole rings is 1. The average Bonchev–Trinajstić information content (AvgIpc) is 2.75. The van der Waals surface area contributed by atoms with Gasteiger partial charge in [0, 0.05) is 19.7 Å². The van der Waals surface area contributed by atoms with Crippen LogP contribution in [-0.4, -0.2) is 36.7 Å². The van der Waals surface area contributed by atoms with E-state index in [0.29, 0.717) is 17.5 Å². The van der Waals surface area contributed by atoms with Crippen LogP contribution in [0, 0.1) is 10.1 Å². The first-order chi connectivity index (χ1) is 9.11. The smallest absolute Gasteiger partial charge is 0.301 e. The Bertz CT molecular complexity index is 600. The summed E-state index contributed by atoms with van der Waals surface area (Å²) in [6, 6.07) is 2.98. The summed E-state index contributed by atoms with van der Waals surface area (Å²) >= 11 is 1.05. The standard InChI is InChI=1S/C9H11N7O2S/c1-3-10-7-5-4-6(16(17)18)8(11-7)19-9-12-13-14-15(9)2/h4-5H,3H2,1-2H3,(H,10,11). The molecule has 0 aromatic carbocycles. The van der Waals surface area contributed by atoms with E-state index >= 15 is 0 Å². The lowest BCUT2D eigenvalue weighted by Crippen LogP contribution is -2.02. The van der Waals surface area contributed by atoms with Crippen molar-refractivity contribution >= 4 is 23.3 Å². The molecule has 100 valence electrons. The third-order valence-electron chi connectivity index (χ3n) is 2.16. The van der Waals surface area contributed by atoms with Gasteiger partial charge < -0.3 is 5.32 Å². The molecule has 2 aromatic heterocycles. The van der Waals surface area contributed by atoms with Crippen LogP contribution in [0.15, 0.2) is 22.3 Å². The maximum absolute atomic E-state index is 11.0. The molecule has 0 saturated heterocycles. The Morgan fingerprint density at radius 2 is 2.32 bits per heavy atom. The summed E-state index contributed by atoms with van der Waals surface area (Å²) in [7, 11) is 1.66. The average molecular weight is 281 g/mol. The Morgan fingerprint density at radius 1 is 1.53 bits per heavy atom. The quantitative estimate of drug-likeness (QED) is 0.640. The van der Waals surface area contributed by atoms with Crippen molar-refractivity contribution in [1.29, 1.82) is 0 Å². The lowest BCUT2D eigenvalue weighted by atomic mass is 10.4. The van der Waals surface area contributed by atoms with Crippen LogP contribution in [0.5, 0.6) is 0 Å². The zero-order valence-corrected chi connectivity index (χ0v) is 11.1. The monoisotopic (exact) mass is 281 g/mol. The van der Waals surface area contributed by atoms with Gasteiger partial charge in [0.1, 0.15) is 5.82 Å². The van der Waals surface area contributed by atoms with E-state index in [-0.39, 0.29) is 10.7 Å².